The van der Waals surface area contributed by atoms with Crippen LogP contribution in [-0.2, 0) is 9.84 Å². The SMILES string of the molecule is Cc1ccc(/C=C/CN)c(S(C)(=O)=O)c1. The summed E-state index contributed by atoms with van der Waals surface area (Å²) in [5, 5.41) is 0. The van der Waals surface area contributed by atoms with Gasteiger partial charge in [0.05, 0.1) is 4.90 Å². The molecule has 4 heteroatoms. The monoisotopic (exact) mass is 225 g/mol. The Hall–Kier alpha value is -1.13. The number of rotatable bonds is 3. The van der Waals surface area contributed by atoms with Gasteiger partial charge in [-0.05, 0) is 24.1 Å². The number of benzene rings is 1. The topological polar surface area (TPSA) is 60.2 Å². The second-order valence-corrected chi connectivity index (χ2v) is 5.44. The van der Waals surface area contributed by atoms with E-state index in [-0.39, 0.29) is 0 Å². The summed E-state index contributed by atoms with van der Waals surface area (Å²) in [4.78, 5) is 0.354. The lowest BCUT2D eigenvalue weighted by atomic mass is 10.1. The van der Waals surface area contributed by atoms with Crippen molar-refractivity contribution < 1.29 is 8.42 Å². The molecule has 82 valence electrons. The van der Waals surface area contributed by atoms with Crippen molar-refractivity contribution in [3.05, 3.63) is 35.4 Å². The molecule has 1 aromatic carbocycles. The Bertz CT molecular complexity index is 475. The van der Waals surface area contributed by atoms with E-state index in [9.17, 15) is 8.42 Å². The Kier molecular flexibility index (Phi) is 3.66. The largest absolute Gasteiger partial charge is 0.327 e. The Morgan fingerprint density at radius 2 is 2.07 bits per heavy atom. The van der Waals surface area contributed by atoms with Crippen molar-refractivity contribution >= 4 is 15.9 Å². The van der Waals surface area contributed by atoms with Crippen LogP contribution in [0.15, 0.2) is 29.2 Å². The molecule has 1 rings (SSSR count). The fourth-order valence-electron chi connectivity index (χ4n) is 1.30. The van der Waals surface area contributed by atoms with Gasteiger partial charge in [0, 0.05) is 12.8 Å². The van der Waals surface area contributed by atoms with E-state index in [1.54, 1.807) is 24.3 Å². The van der Waals surface area contributed by atoms with Crippen LogP contribution in [0.4, 0.5) is 0 Å². The third kappa shape index (κ3) is 3.18. The van der Waals surface area contributed by atoms with Gasteiger partial charge in [-0.2, -0.15) is 0 Å². The molecule has 2 N–H and O–H groups in total. The number of hydrogen-bond acceptors (Lipinski definition) is 3. The first kappa shape index (κ1) is 11.9. The average Bonchev–Trinajstić information content (AvgIpc) is 2.14. The molecule has 0 aliphatic rings. The fourth-order valence-corrected chi connectivity index (χ4v) is 2.26. The van der Waals surface area contributed by atoms with Crippen molar-refractivity contribution in [2.75, 3.05) is 12.8 Å². The Morgan fingerprint density at radius 3 is 2.60 bits per heavy atom. The molecule has 0 atom stereocenters. The second kappa shape index (κ2) is 4.59. The first-order valence-electron chi connectivity index (χ1n) is 4.62. The Balaban J connectivity index is 3.34. The summed E-state index contributed by atoms with van der Waals surface area (Å²) in [7, 11) is -3.18. The quantitative estimate of drug-likeness (QED) is 0.845. The smallest absolute Gasteiger partial charge is 0.176 e. The molecule has 0 fully saturated rings. The van der Waals surface area contributed by atoms with Gasteiger partial charge in [0.2, 0.25) is 0 Å². The molecule has 0 saturated carbocycles. The van der Waals surface area contributed by atoms with E-state index in [1.165, 1.54) is 6.26 Å². The van der Waals surface area contributed by atoms with Gasteiger partial charge in [-0.3, -0.25) is 0 Å². The lowest BCUT2D eigenvalue weighted by Crippen LogP contribution is -2.01. The summed E-state index contributed by atoms with van der Waals surface area (Å²) >= 11 is 0. The second-order valence-electron chi connectivity index (χ2n) is 3.45. The minimum absolute atomic E-state index is 0.354. The normalized spacial score (nSPS) is 12.2. The highest BCUT2D eigenvalue weighted by molar-refractivity contribution is 7.90. The van der Waals surface area contributed by atoms with Gasteiger partial charge in [-0.25, -0.2) is 8.42 Å². The van der Waals surface area contributed by atoms with Crippen LogP contribution in [-0.4, -0.2) is 21.2 Å². The maximum atomic E-state index is 11.5. The molecule has 1 aromatic rings. The first-order valence-corrected chi connectivity index (χ1v) is 6.51. The van der Waals surface area contributed by atoms with Gasteiger partial charge >= 0.3 is 0 Å². The van der Waals surface area contributed by atoms with Crippen molar-refractivity contribution in [2.24, 2.45) is 5.73 Å². The highest BCUT2D eigenvalue weighted by Gasteiger charge is 2.11. The van der Waals surface area contributed by atoms with Crippen LogP contribution in [0, 0.1) is 6.92 Å². The number of nitrogens with two attached hydrogens (primary N) is 1. The Morgan fingerprint density at radius 1 is 1.40 bits per heavy atom. The minimum Gasteiger partial charge on any atom is -0.327 e. The third-order valence-corrected chi connectivity index (χ3v) is 3.15. The summed E-state index contributed by atoms with van der Waals surface area (Å²) < 4.78 is 23.0. The van der Waals surface area contributed by atoms with Gasteiger partial charge in [-0.15, -0.1) is 0 Å². The van der Waals surface area contributed by atoms with E-state index in [4.69, 9.17) is 5.73 Å². The van der Waals surface area contributed by atoms with Crippen molar-refractivity contribution in [2.45, 2.75) is 11.8 Å². The van der Waals surface area contributed by atoms with Gasteiger partial charge in [0.25, 0.3) is 0 Å². The average molecular weight is 225 g/mol. The van der Waals surface area contributed by atoms with Crippen LogP contribution in [0.1, 0.15) is 11.1 Å². The van der Waals surface area contributed by atoms with E-state index in [2.05, 4.69) is 0 Å². The molecule has 0 unspecified atom stereocenters. The van der Waals surface area contributed by atoms with Crippen LogP contribution in [0.2, 0.25) is 0 Å². The van der Waals surface area contributed by atoms with Gasteiger partial charge in [0.1, 0.15) is 0 Å². The Labute approximate surface area is 90.5 Å². The molecule has 0 amide bonds. The molecule has 0 heterocycles. The molecule has 0 aromatic heterocycles. The van der Waals surface area contributed by atoms with E-state index in [1.807, 2.05) is 13.0 Å². The lowest BCUT2D eigenvalue weighted by molar-refractivity contribution is 0.601. The summed E-state index contributed by atoms with van der Waals surface area (Å²) in [6.07, 6.45) is 4.68. The molecule has 0 aliphatic carbocycles. The maximum Gasteiger partial charge on any atom is 0.176 e. The molecule has 15 heavy (non-hydrogen) atoms. The minimum atomic E-state index is -3.18. The van der Waals surface area contributed by atoms with Crippen molar-refractivity contribution in [1.29, 1.82) is 0 Å². The standard InChI is InChI=1S/C11H15NO2S/c1-9-5-6-10(4-3-7-12)11(8-9)15(2,13)14/h3-6,8H,7,12H2,1-2H3/b4-3+. The first-order chi connectivity index (χ1) is 6.95. The summed E-state index contributed by atoms with van der Waals surface area (Å²) in [5.74, 6) is 0. The molecule has 3 nitrogen and oxygen atoms in total. The predicted octanol–water partition coefficient (Wildman–Crippen LogP) is 1.37. The van der Waals surface area contributed by atoms with E-state index >= 15 is 0 Å². The van der Waals surface area contributed by atoms with E-state index in [0.717, 1.165) is 5.56 Å². The van der Waals surface area contributed by atoms with Gasteiger partial charge < -0.3 is 5.73 Å². The van der Waals surface area contributed by atoms with Crippen LogP contribution in [0.5, 0.6) is 0 Å². The van der Waals surface area contributed by atoms with E-state index in [0.29, 0.717) is 17.0 Å². The molecule has 0 bridgehead atoms. The predicted molar refractivity (Wildman–Crippen MR) is 62.4 cm³/mol. The molecule has 0 radical (unpaired) electrons. The maximum absolute atomic E-state index is 11.5. The molecular weight excluding hydrogens is 210 g/mol. The zero-order chi connectivity index (χ0) is 11.5. The van der Waals surface area contributed by atoms with E-state index < -0.39 is 9.84 Å². The van der Waals surface area contributed by atoms with Crippen LogP contribution >= 0.6 is 0 Å². The molecule has 0 spiro atoms. The number of hydrogen-bond donors (Lipinski definition) is 1. The van der Waals surface area contributed by atoms with Gasteiger partial charge in [0.15, 0.2) is 9.84 Å². The lowest BCUT2D eigenvalue weighted by Gasteiger charge is -2.05. The highest BCUT2D eigenvalue weighted by Crippen LogP contribution is 2.18. The van der Waals surface area contributed by atoms with Crippen LogP contribution in [0.3, 0.4) is 0 Å². The van der Waals surface area contributed by atoms with Gasteiger partial charge in [-0.1, -0.05) is 24.3 Å². The summed E-state index contributed by atoms with van der Waals surface area (Å²) in [5.41, 5.74) is 6.95. The van der Waals surface area contributed by atoms with Crippen molar-refractivity contribution in [3.63, 3.8) is 0 Å². The van der Waals surface area contributed by atoms with Crippen molar-refractivity contribution in [3.8, 4) is 0 Å². The summed E-state index contributed by atoms with van der Waals surface area (Å²) in [6.45, 7) is 2.27. The zero-order valence-electron chi connectivity index (χ0n) is 8.90. The third-order valence-electron chi connectivity index (χ3n) is 2.00. The highest BCUT2D eigenvalue weighted by atomic mass is 32.2. The zero-order valence-corrected chi connectivity index (χ0v) is 9.71. The van der Waals surface area contributed by atoms with Crippen LogP contribution in [0.25, 0.3) is 6.08 Å². The summed E-state index contributed by atoms with van der Waals surface area (Å²) in [6, 6.07) is 5.34. The molecular formula is C11H15NO2S. The number of sulfone groups is 1. The molecule has 0 aliphatic heterocycles. The van der Waals surface area contributed by atoms with Crippen LogP contribution < -0.4 is 5.73 Å². The fraction of sp³-hybridized carbons (Fsp3) is 0.273. The molecule has 0 saturated heterocycles. The van der Waals surface area contributed by atoms with Crippen molar-refractivity contribution in [1.82, 2.24) is 0 Å². The number of aryl methyl sites for hydroxylation is 1.